The zero-order valence-corrected chi connectivity index (χ0v) is 14.3. The first-order chi connectivity index (χ1) is 12.1. The smallest absolute Gasteiger partial charge is 0.307 e. The average Bonchev–Trinajstić information content (AvgIpc) is 2.60. The third-order valence-electron chi connectivity index (χ3n) is 3.77. The van der Waals surface area contributed by atoms with Gasteiger partial charge in [0.05, 0.1) is 6.20 Å². The standard InChI is InChI=1S/C19H23N3O3/c1-15-9-11-16(12-10-15)19(24)20-13-5-2-3-8-18(23)21-17-7-4-6-14-22(17)25/h4,6-7,9-12,14H,2-3,5,8,13H2,1H3,(H,20,24)(H,21,23). The quantitative estimate of drug-likeness (QED) is 0.439. The van der Waals surface area contributed by atoms with Crippen LogP contribution in [0.5, 0.6) is 0 Å². The number of aryl methyl sites for hydroxylation is 1. The number of anilines is 1. The molecule has 0 fully saturated rings. The summed E-state index contributed by atoms with van der Waals surface area (Å²) in [6.45, 7) is 2.56. The molecule has 25 heavy (non-hydrogen) atoms. The van der Waals surface area contributed by atoms with Gasteiger partial charge in [0.2, 0.25) is 0 Å². The number of amides is 2. The van der Waals surface area contributed by atoms with Crippen molar-refractivity contribution in [2.45, 2.75) is 32.6 Å². The zero-order valence-electron chi connectivity index (χ0n) is 14.3. The van der Waals surface area contributed by atoms with Gasteiger partial charge < -0.3 is 10.5 Å². The van der Waals surface area contributed by atoms with Gasteiger partial charge >= 0.3 is 5.91 Å². The lowest BCUT2D eigenvalue weighted by atomic mass is 10.1. The van der Waals surface area contributed by atoms with Gasteiger partial charge in [0, 0.05) is 24.6 Å². The fourth-order valence-corrected chi connectivity index (χ4v) is 2.33. The fourth-order valence-electron chi connectivity index (χ4n) is 2.33. The van der Waals surface area contributed by atoms with Crippen LogP contribution in [0.25, 0.3) is 0 Å². The van der Waals surface area contributed by atoms with Crippen molar-refractivity contribution in [3.05, 3.63) is 65.0 Å². The van der Waals surface area contributed by atoms with Gasteiger partial charge in [-0.25, -0.2) is 14.8 Å². The van der Waals surface area contributed by atoms with Crippen LogP contribution >= 0.6 is 0 Å². The van der Waals surface area contributed by atoms with Crippen LogP contribution in [0.3, 0.4) is 0 Å². The Morgan fingerprint density at radius 1 is 1.04 bits per heavy atom. The molecule has 0 saturated carbocycles. The minimum absolute atomic E-state index is 0.0816. The largest absolute Gasteiger partial charge is 0.711 e. The Balaban J connectivity index is 1.58. The van der Waals surface area contributed by atoms with Crippen LogP contribution in [0.1, 0.15) is 41.6 Å². The van der Waals surface area contributed by atoms with E-state index in [-0.39, 0.29) is 17.6 Å². The summed E-state index contributed by atoms with van der Waals surface area (Å²) < 4.78 is 0.624. The number of rotatable bonds is 8. The molecule has 0 spiro atoms. The first-order valence-corrected chi connectivity index (χ1v) is 8.39. The molecule has 1 aromatic carbocycles. The number of nitrogens with one attached hydrogen (secondary N) is 2. The van der Waals surface area contributed by atoms with Gasteiger partial charge in [0.1, 0.15) is 0 Å². The van der Waals surface area contributed by atoms with Crippen molar-refractivity contribution in [1.82, 2.24) is 5.32 Å². The van der Waals surface area contributed by atoms with Gasteiger partial charge in [-0.05, 0) is 38.0 Å². The van der Waals surface area contributed by atoms with Crippen molar-refractivity contribution in [1.29, 1.82) is 0 Å². The summed E-state index contributed by atoms with van der Waals surface area (Å²) in [7, 11) is 0. The molecule has 0 atom stereocenters. The summed E-state index contributed by atoms with van der Waals surface area (Å²) in [6, 6.07) is 12.3. The van der Waals surface area contributed by atoms with Crippen LogP contribution in [-0.2, 0) is 4.79 Å². The van der Waals surface area contributed by atoms with Crippen LogP contribution < -0.4 is 15.4 Å². The van der Waals surface area contributed by atoms with Crippen LogP contribution in [0.2, 0.25) is 0 Å². The van der Waals surface area contributed by atoms with Crippen molar-refractivity contribution in [3.8, 4) is 0 Å². The minimum atomic E-state index is -0.181. The van der Waals surface area contributed by atoms with Crippen LogP contribution in [-0.4, -0.2) is 18.4 Å². The van der Waals surface area contributed by atoms with E-state index in [1.54, 1.807) is 30.3 Å². The van der Waals surface area contributed by atoms with Gasteiger partial charge in [-0.3, -0.25) is 4.79 Å². The van der Waals surface area contributed by atoms with Crippen LogP contribution in [0.15, 0.2) is 48.7 Å². The number of hydrogen-bond donors (Lipinski definition) is 2. The van der Waals surface area contributed by atoms with Gasteiger partial charge in [-0.15, -0.1) is 0 Å². The Kier molecular flexibility index (Phi) is 6.95. The predicted octanol–water partition coefficient (Wildman–Crippen LogP) is 2.56. The summed E-state index contributed by atoms with van der Waals surface area (Å²) in [5, 5.41) is 16.9. The lowest BCUT2D eigenvalue weighted by molar-refractivity contribution is -0.590. The molecule has 2 N–H and O–H groups in total. The molecule has 132 valence electrons. The van der Waals surface area contributed by atoms with E-state index >= 15 is 0 Å². The van der Waals surface area contributed by atoms with E-state index in [2.05, 4.69) is 10.6 Å². The molecule has 6 nitrogen and oxygen atoms in total. The SMILES string of the molecule is Cc1ccc(C(=O)NCCCCCC(=O)Nc2cccc[n+]2[O-])cc1. The van der Waals surface area contributed by atoms with Gasteiger partial charge in [0.15, 0.2) is 0 Å². The zero-order chi connectivity index (χ0) is 18.1. The number of benzene rings is 1. The van der Waals surface area contributed by atoms with E-state index < -0.39 is 0 Å². The molecule has 0 aliphatic rings. The number of pyridine rings is 1. The molecule has 0 radical (unpaired) electrons. The highest BCUT2D eigenvalue weighted by Crippen LogP contribution is 2.05. The molecule has 1 aromatic heterocycles. The molecule has 0 aliphatic carbocycles. The van der Waals surface area contributed by atoms with Crippen molar-refractivity contribution in [3.63, 3.8) is 0 Å². The third-order valence-corrected chi connectivity index (χ3v) is 3.77. The first kappa shape index (κ1) is 18.4. The molecule has 0 bridgehead atoms. The van der Waals surface area contributed by atoms with Gasteiger partial charge in [0.25, 0.3) is 11.7 Å². The Hall–Kier alpha value is -2.89. The summed E-state index contributed by atoms with van der Waals surface area (Å²) in [5.74, 6) is -0.0285. The maximum Gasteiger partial charge on any atom is 0.307 e. The Labute approximate surface area is 147 Å². The Morgan fingerprint density at radius 2 is 1.80 bits per heavy atom. The molecule has 0 aliphatic heterocycles. The highest BCUT2D eigenvalue weighted by molar-refractivity contribution is 5.94. The van der Waals surface area contributed by atoms with E-state index in [1.807, 2.05) is 19.1 Å². The number of carbonyl (C=O) groups excluding carboxylic acids is 2. The summed E-state index contributed by atoms with van der Waals surface area (Å²) in [4.78, 5) is 23.7. The first-order valence-electron chi connectivity index (χ1n) is 8.39. The highest BCUT2D eigenvalue weighted by Gasteiger charge is 2.10. The molecular weight excluding hydrogens is 318 g/mol. The molecule has 0 unspecified atom stereocenters. The number of aromatic nitrogens is 1. The molecular formula is C19H23N3O3. The summed E-state index contributed by atoms with van der Waals surface area (Å²) >= 11 is 0. The fraction of sp³-hybridized carbons (Fsp3) is 0.316. The van der Waals surface area contributed by atoms with E-state index in [0.717, 1.165) is 18.4 Å². The molecule has 2 rings (SSSR count). The van der Waals surface area contributed by atoms with E-state index in [4.69, 9.17) is 0 Å². The maximum absolute atomic E-state index is 11.9. The molecule has 6 heteroatoms. The van der Waals surface area contributed by atoms with Crippen molar-refractivity contribution in [2.75, 3.05) is 11.9 Å². The third kappa shape index (κ3) is 6.25. The second-order valence-electron chi connectivity index (χ2n) is 5.89. The van der Waals surface area contributed by atoms with Gasteiger partial charge in [-0.1, -0.05) is 30.2 Å². The summed E-state index contributed by atoms with van der Waals surface area (Å²) in [5.41, 5.74) is 1.77. The lowest BCUT2D eigenvalue weighted by Gasteiger charge is -2.07. The number of carbonyl (C=O) groups is 2. The lowest BCUT2D eigenvalue weighted by Crippen LogP contribution is -2.31. The number of hydrogen-bond acceptors (Lipinski definition) is 3. The number of unbranched alkanes of at least 4 members (excludes halogenated alkanes) is 2. The number of nitrogens with zero attached hydrogens (tertiary/aromatic N) is 1. The average molecular weight is 341 g/mol. The molecule has 0 saturated heterocycles. The maximum atomic E-state index is 11.9. The van der Waals surface area contributed by atoms with E-state index in [9.17, 15) is 14.8 Å². The van der Waals surface area contributed by atoms with Crippen LogP contribution in [0, 0.1) is 12.1 Å². The van der Waals surface area contributed by atoms with Crippen molar-refractivity contribution >= 4 is 17.6 Å². The highest BCUT2D eigenvalue weighted by atomic mass is 16.5. The second kappa shape index (κ2) is 9.42. The normalized spacial score (nSPS) is 10.3. The minimum Gasteiger partial charge on any atom is -0.711 e. The second-order valence-corrected chi connectivity index (χ2v) is 5.89. The van der Waals surface area contributed by atoms with Crippen molar-refractivity contribution < 1.29 is 14.3 Å². The monoisotopic (exact) mass is 341 g/mol. The molecule has 2 aromatic rings. The topological polar surface area (TPSA) is 85.1 Å². The van der Waals surface area contributed by atoms with Crippen molar-refractivity contribution in [2.24, 2.45) is 0 Å². The predicted molar refractivity (Wildman–Crippen MR) is 96.0 cm³/mol. The Morgan fingerprint density at radius 3 is 2.52 bits per heavy atom. The Bertz CT molecular complexity index is 714. The van der Waals surface area contributed by atoms with E-state index in [1.165, 1.54) is 6.20 Å². The molecule has 1 heterocycles. The summed E-state index contributed by atoms with van der Waals surface area (Å²) in [6.07, 6.45) is 4.02. The van der Waals surface area contributed by atoms with E-state index in [0.29, 0.717) is 29.7 Å². The van der Waals surface area contributed by atoms with Crippen LogP contribution in [0.4, 0.5) is 5.82 Å². The van der Waals surface area contributed by atoms with Gasteiger partial charge in [-0.2, -0.15) is 0 Å². The molecule has 2 amide bonds.